The van der Waals surface area contributed by atoms with Crippen molar-refractivity contribution in [1.82, 2.24) is 4.98 Å². The molecule has 0 spiro atoms. The Morgan fingerprint density at radius 2 is 2.20 bits per heavy atom. The highest BCUT2D eigenvalue weighted by molar-refractivity contribution is 9.10. The van der Waals surface area contributed by atoms with Crippen LogP contribution in [0.25, 0.3) is 10.9 Å². The molecule has 0 aliphatic carbocycles. The second-order valence-corrected chi connectivity index (χ2v) is 4.14. The number of hydrogen-bond donors (Lipinski definition) is 1. The molecule has 0 bridgehead atoms. The molecule has 0 saturated heterocycles. The number of ether oxygens (including phenoxy) is 1. The van der Waals surface area contributed by atoms with E-state index in [2.05, 4.69) is 20.9 Å². The Labute approximate surface area is 95.6 Å². The zero-order valence-electron chi connectivity index (χ0n) is 8.43. The molecule has 1 aromatic carbocycles. The number of hydrogen-bond acceptors (Lipinski definition) is 2. The van der Waals surface area contributed by atoms with Crippen LogP contribution in [-0.2, 0) is 0 Å². The fourth-order valence-corrected chi connectivity index (χ4v) is 2.22. The number of aldehydes is 1. The van der Waals surface area contributed by atoms with E-state index < -0.39 is 0 Å². The monoisotopic (exact) mass is 267 g/mol. The van der Waals surface area contributed by atoms with E-state index in [1.165, 1.54) is 0 Å². The largest absolute Gasteiger partial charge is 0.495 e. The van der Waals surface area contributed by atoms with Crippen molar-refractivity contribution in [3.63, 3.8) is 0 Å². The van der Waals surface area contributed by atoms with E-state index in [-0.39, 0.29) is 0 Å². The van der Waals surface area contributed by atoms with Crippen LogP contribution in [0.4, 0.5) is 0 Å². The third-order valence-corrected chi connectivity index (χ3v) is 3.10. The Bertz CT molecular complexity index is 531. The van der Waals surface area contributed by atoms with Gasteiger partial charge < -0.3 is 9.72 Å². The van der Waals surface area contributed by atoms with Crippen molar-refractivity contribution in [2.45, 2.75) is 6.92 Å². The highest BCUT2D eigenvalue weighted by Crippen LogP contribution is 2.36. The van der Waals surface area contributed by atoms with Crippen LogP contribution in [0.2, 0.25) is 0 Å². The number of methoxy groups -OCH3 is 1. The van der Waals surface area contributed by atoms with E-state index in [0.717, 1.165) is 33.0 Å². The number of aromatic nitrogens is 1. The average molecular weight is 268 g/mol. The molecule has 0 fully saturated rings. The van der Waals surface area contributed by atoms with Gasteiger partial charge in [-0.25, -0.2) is 0 Å². The molecule has 0 aliphatic heterocycles. The minimum Gasteiger partial charge on any atom is -0.495 e. The van der Waals surface area contributed by atoms with E-state index in [9.17, 15) is 4.79 Å². The van der Waals surface area contributed by atoms with Gasteiger partial charge in [0, 0.05) is 5.39 Å². The van der Waals surface area contributed by atoms with Gasteiger partial charge in [-0.3, -0.25) is 4.79 Å². The van der Waals surface area contributed by atoms with Crippen molar-refractivity contribution < 1.29 is 9.53 Å². The third-order valence-electron chi connectivity index (χ3n) is 2.48. The topological polar surface area (TPSA) is 42.1 Å². The molecule has 1 aromatic heterocycles. The maximum atomic E-state index is 10.8. The molecule has 0 amide bonds. The van der Waals surface area contributed by atoms with Gasteiger partial charge in [-0.2, -0.15) is 0 Å². The summed E-state index contributed by atoms with van der Waals surface area (Å²) in [6.45, 7) is 1.90. The molecule has 0 unspecified atom stereocenters. The number of nitrogens with one attached hydrogen (secondary N) is 1. The van der Waals surface area contributed by atoms with E-state index in [1.54, 1.807) is 7.11 Å². The van der Waals surface area contributed by atoms with E-state index >= 15 is 0 Å². The lowest BCUT2D eigenvalue weighted by atomic mass is 10.1. The molecular weight excluding hydrogens is 258 g/mol. The third kappa shape index (κ3) is 1.45. The molecule has 78 valence electrons. The Balaban J connectivity index is 2.90. The standard InChI is InChI=1S/C11H10BrNO2/c1-6-9(5-14)13-8-4-3-7(12)11(15-2)10(6)8/h3-5,13H,1-2H3. The number of aromatic amines is 1. The summed E-state index contributed by atoms with van der Waals surface area (Å²) in [5.41, 5.74) is 2.43. The van der Waals surface area contributed by atoms with Gasteiger partial charge in [0.25, 0.3) is 0 Å². The smallest absolute Gasteiger partial charge is 0.166 e. The first-order valence-electron chi connectivity index (χ1n) is 4.49. The maximum Gasteiger partial charge on any atom is 0.166 e. The second kappa shape index (κ2) is 3.70. The Kier molecular flexibility index (Phi) is 2.52. The van der Waals surface area contributed by atoms with Gasteiger partial charge in [-0.15, -0.1) is 0 Å². The lowest BCUT2D eigenvalue weighted by Gasteiger charge is -2.05. The van der Waals surface area contributed by atoms with Crippen LogP contribution in [0.3, 0.4) is 0 Å². The molecule has 0 aliphatic rings. The molecule has 4 heteroatoms. The summed E-state index contributed by atoms with van der Waals surface area (Å²) in [6.07, 6.45) is 0.822. The van der Waals surface area contributed by atoms with Gasteiger partial charge in [-0.1, -0.05) is 0 Å². The van der Waals surface area contributed by atoms with E-state index in [1.807, 2.05) is 19.1 Å². The maximum absolute atomic E-state index is 10.8. The zero-order valence-corrected chi connectivity index (χ0v) is 10.0. The quantitative estimate of drug-likeness (QED) is 0.850. The minimum absolute atomic E-state index is 0.599. The number of fused-ring (bicyclic) bond motifs is 1. The minimum atomic E-state index is 0.599. The molecule has 2 aromatic rings. The van der Waals surface area contributed by atoms with Crippen molar-refractivity contribution in [3.8, 4) is 5.75 Å². The SMILES string of the molecule is COc1c(Br)ccc2[nH]c(C=O)c(C)c12. The first-order valence-corrected chi connectivity index (χ1v) is 5.28. The highest BCUT2D eigenvalue weighted by atomic mass is 79.9. The molecule has 1 N–H and O–H groups in total. The summed E-state index contributed by atoms with van der Waals surface area (Å²) in [7, 11) is 1.62. The predicted octanol–water partition coefficient (Wildman–Crippen LogP) is 3.06. The molecule has 15 heavy (non-hydrogen) atoms. The number of halogens is 1. The van der Waals surface area contributed by atoms with Crippen LogP contribution in [0, 0.1) is 6.92 Å². The average Bonchev–Trinajstić information content (AvgIpc) is 2.56. The van der Waals surface area contributed by atoms with Crippen LogP contribution in [-0.4, -0.2) is 18.4 Å². The van der Waals surface area contributed by atoms with Gasteiger partial charge in [-0.05, 0) is 40.5 Å². The van der Waals surface area contributed by atoms with Gasteiger partial charge in [0.05, 0.1) is 22.8 Å². The van der Waals surface area contributed by atoms with Crippen molar-refractivity contribution >= 4 is 33.1 Å². The second-order valence-electron chi connectivity index (χ2n) is 3.28. The van der Waals surface area contributed by atoms with Crippen molar-refractivity contribution in [3.05, 3.63) is 27.9 Å². The van der Waals surface area contributed by atoms with Crippen LogP contribution < -0.4 is 4.74 Å². The molecular formula is C11H10BrNO2. The molecule has 0 radical (unpaired) electrons. The number of carbonyl (C=O) groups is 1. The number of aryl methyl sites for hydroxylation is 1. The number of carbonyl (C=O) groups excluding carboxylic acids is 1. The zero-order chi connectivity index (χ0) is 11.0. The first-order chi connectivity index (χ1) is 7.19. The first kappa shape index (κ1) is 10.2. The lowest BCUT2D eigenvalue weighted by Crippen LogP contribution is -1.86. The van der Waals surface area contributed by atoms with Crippen LogP contribution >= 0.6 is 15.9 Å². The van der Waals surface area contributed by atoms with Crippen LogP contribution in [0.5, 0.6) is 5.75 Å². The Morgan fingerprint density at radius 3 is 2.80 bits per heavy atom. The summed E-state index contributed by atoms with van der Waals surface area (Å²) < 4.78 is 6.20. The normalized spacial score (nSPS) is 10.6. The number of benzene rings is 1. The summed E-state index contributed by atoms with van der Waals surface area (Å²) in [4.78, 5) is 13.8. The number of H-pyrrole nitrogens is 1. The van der Waals surface area contributed by atoms with E-state index in [0.29, 0.717) is 5.69 Å². The predicted molar refractivity (Wildman–Crippen MR) is 62.7 cm³/mol. The fourth-order valence-electron chi connectivity index (χ4n) is 1.72. The summed E-state index contributed by atoms with van der Waals surface area (Å²) in [6, 6.07) is 3.81. The summed E-state index contributed by atoms with van der Waals surface area (Å²) in [5.74, 6) is 0.759. The van der Waals surface area contributed by atoms with Crippen molar-refractivity contribution in [2.24, 2.45) is 0 Å². The summed E-state index contributed by atoms with van der Waals surface area (Å²) >= 11 is 3.42. The number of rotatable bonds is 2. The van der Waals surface area contributed by atoms with Crippen LogP contribution in [0.1, 0.15) is 16.1 Å². The van der Waals surface area contributed by atoms with Crippen molar-refractivity contribution in [1.29, 1.82) is 0 Å². The van der Waals surface area contributed by atoms with E-state index in [4.69, 9.17) is 4.74 Å². The molecule has 1 heterocycles. The molecule has 0 saturated carbocycles. The highest BCUT2D eigenvalue weighted by Gasteiger charge is 2.13. The lowest BCUT2D eigenvalue weighted by molar-refractivity contribution is 0.111. The van der Waals surface area contributed by atoms with Crippen molar-refractivity contribution in [2.75, 3.05) is 7.11 Å². The molecule has 2 rings (SSSR count). The summed E-state index contributed by atoms with van der Waals surface area (Å²) in [5, 5.41) is 0.953. The van der Waals surface area contributed by atoms with Gasteiger partial charge >= 0.3 is 0 Å². The Hall–Kier alpha value is -1.29. The van der Waals surface area contributed by atoms with Gasteiger partial charge in [0.1, 0.15) is 5.75 Å². The molecule has 3 nitrogen and oxygen atoms in total. The van der Waals surface area contributed by atoms with Gasteiger partial charge in [0.15, 0.2) is 6.29 Å². The van der Waals surface area contributed by atoms with Gasteiger partial charge in [0.2, 0.25) is 0 Å². The fraction of sp³-hybridized carbons (Fsp3) is 0.182. The Morgan fingerprint density at radius 1 is 1.47 bits per heavy atom. The molecule has 0 atom stereocenters. The van der Waals surface area contributed by atoms with Crippen LogP contribution in [0.15, 0.2) is 16.6 Å².